The Hall–Kier alpha value is -1.33. The van der Waals surface area contributed by atoms with Crippen LogP contribution in [0.15, 0.2) is 17.6 Å². The minimum absolute atomic E-state index is 0.495. The van der Waals surface area contributed by atoms with Crippen LogP contribution in [0.2, 0.25) is 0 Å². The van der Waals surface area contributed by atoms with Crippen molar-refractivity contribution in [2.75, 3.05) is 11.1 Å². The second-order valence-corrected chi connectivity index (χ2v) is 6.42. The van der Waals surface area contributed by atoms with Crippen LogP contribution in [0.5, 0.6) is 0 Å². The molecule has 0 saturated carbocycles. The fourth-order valence-corrected chi connectivity index (χ4v) is 2.24. The molecule has 1 heterocycles. The predicted octanol–water partition coefficient (Wildman–Crippen LogP) is 2.84. The molecule has 0 atom stereocenters. The summed E-state index contributed by atoms with van der Waals surface area (Å²) in [6.07, 6.45) is 0. The van der Waals surface area contributed by atoms with Crippen molar-refractivity contribution in [2.45, 2.75) is 38.8 Å². The molecular formula is C13H19N3OS. The third kappa shape index (κ3) is 2.15. The molecule has 0 aliphatic rings. The maximum Gasteiger partial charge on any atom is 0.106 e. The molecule has 0 radical (unpaired) electrons. The Morgan fingerprint density at radius 3 is 2.56 bits per heavy atom. The van der Waals surface area contributed by atoms with E-state index in [1.165, 1.54) is 0 Å². The van der Waals surface area contributed by atoms with E-state index < -0.39 is 11.1 Å². The number of nitrogens with one attached hydrogen (secondary N) is 1. The fourth-order valence-electron chi connectivity index (χ4n) is 1.55. The van der Waals surface area contributed by atoms with Crippen LogP contribution >= 0.6 is 11.3 Å². The molecular weight excluding hydrogens is 246 g/mol. The van der Waals surface area contributed by atoms with Gasteiger partial charge in [0.1, 0.15) is 5.52 Å². The van der Waals surface area contributed by atoms with Crippen molar-refractivity contribution in [3.63, 3.8) is 0 Å². The molecule has 0 fully saturated rings. The number of nitrogens with zero attached hydrogens (tertiary/aromatic N) is 1. The molecule has 1 aromatic heterocycles. The highest BCUT2D eigenvalue weighted by Crippen LogP contribution is 2.34. The Balaban J connectivity index is 2.41. The average molecular weight is 265 g/mol. The number of nitrogen functional groups attached to an aromatic ring is 1. The molecule has 98 valence electrons. The highest BCUT2D eigenvalue weighted by atomic mass is 32.1. The lowest BCUT2D eigenvalue weighted by molar-refractivity contribution is 0.0241. The molecule has 0 amide bonds. The Bertz CT molecular complexity index is 569. The van der Waals surface area contributed by atoms with Gasteiger partial charge < -0.3 is 16.2 Å². The smallest absolute Gasteiger partial charge is 0.106 e. The molecule has 0 saturated heterocycles. The van der Waals surface area contributed by atoms with E-state index in [0.717, 1.165) is 15.9 Å². The molecule has 4 nitrogen and oxygen atoms in total. The monoisotopic (exact) mass is 265 g/mol. The summed E-state index contributed by atoms with van der Waals surface area (Å²) in [6.45, 7) is 7.44. The number of anilines is 2. The van der Waals surface area contributed by atoms with E-state index in [0.29, 0.717) is 5.69 Å². The van der Waals surface area contributed by atoms with Crippen LogP contribution in [0, 0.1) is 0 Å². The minimum Gasteiger partial charge on any atom is -0.395 e. The lowest BCUT2D eigenvalue weighted by Gasteiger charge is -2.39. The molecule has 0 aliphatic carbocycles. The first-order chi connectivity index (χ1) is 8.22. The minimum atomic E-state index is -0.865. The second-order valence-electron chi connectivity index (χ2n) is 5.53. The van der Waals surface area contributed by atoms with Gasteiger partial charge in [0.25, 0.3) is 0 Å². The summed E-state index contributed by atoms with van der Waals surface area (Å²) in [4.78, 5) is 4.26. The van der Waals surface area contributed by atoms with Crippen LogP contribution in [0.1, 0.15) is 27.7 Å². The molecule has 0 aliphatic heterocycles. The molecule has 0 spiro atoms. The lowest BCUT2D eigenvalue weighted by Crippen LogP contribution is -2.51. The van der Waals surface area contributed by atoms with Gasteiger partial charge in [-0.2, -0.15) is 0 Å². The molecule has 2 rings (SSSR count). The number of thiazole rings is 1. The first kappa shape index (κ1) is 13.1. The topological polar surface area (TPSA) is 71.2 Å². The van der Waals surface area contributed by atoms with Gasteiger partial charge in [-0.05, 0) is 39.8 Å². The highest BCUT2D eigenvalue weighted by Gasteiger charge is 2.35. The first-order valence-corrected chi connectivity index (χ1v) is 6.72. The van der Waals surface area contributed by atoms with Crippen LogP contribution in [-0.2, 0) is 0 Å². The van der Waals surface area contributed by atoms with Gasteiger partial charge >= 0.3 is 0 Å². The average Bonchev–Trinajstić information content (AvgIpc) is 2.69. The first-order valence-electron chi connectivity index (χ1n) is 5.84. The number of benzene rings is 1. The van der Waals surface area contributed by atoms with E-state index >= 15 is 0 Å². The van der Waals surface area contributed by atoms with E-state index in [4.69, 9.17) is 5.73 Å². The summed E-state index contributed by atoms with van der Waals surface area (Å²) in [5, 5.41) is 13.5. The maximum absolute atomic E-state index is 10.2. The number of hydrogen-bond acceptors (Lipinski definition) is 5. The van der Waals surface area contributed by atoms with Crippen molar-refractivity contribution < 1.29 is 5.11 Å². The van der Waals surface area contributed by atoms with Gasteiger partial charge in [-0.3, -0.25) is 0 Å². The molecule has 0 bridgehead atoms. The van der Waals surface area contributed by atoms with E-state index in [9.17, 15) is 5.11 Å². The predicted molar refractivity (Wildman–Crippen MR) is 78.0 cm³/mol. The summed E-state index contributed by atoms with van der Waals surface area (Å²) in [5.74, 6) is 0. The van der Waals surface area contributed by atoms with Gasteiger partial charge in [-0.1, -0.05) is 0 Å². The van der Waals surface area contributed by atoms with Gasteiger partial charge in [0.2, 0.25) is 0 Å². The number of nitrogens with two attached hydrogens (primary N) is 1. The quantitative estimate of drug-likeness (QED) is 0.746. The Morgan fingerprint density at radius 2 is 1.94 bits per heavy atom. The van der Waals surface area contributed by atoms with Crippen molar-refractivity contribution >= 4 is 32.9 Å². The summed E-state index contributed by atoms with van der Waals surface area (Å²) < 4.78 is 1.07. The van der Waals surface area contributed by atoms with Gasteiger partial charge in [-0.15, -0.1) is 11.3 Å². The molecule has 2 aromatic rings. The van der Waals surface area contributed by atoms with Gasteiger partial charge in [0.05, 0.1) is 32.7 Å². The van der Waals surface area contributed by atoms with Crippen LogP contribution in [0.4, 0.5) is 11.4 Å². The lowest BCUT2D eigenvalue weighted by atomic mass is 9.85. The fraction of sp³-hybridized carbons (Fsp3) is 0.462. The number of rotatable bonds is 3. The molecule has 1 aromatic carbocycles. The van der Waals surface area contributed by atoms with Crippen molar-refractivity contribution in [3.8, 4) is 0 Å². The van der Waals surface area contributed by atoms with E-state index in [-0.39, 0.29) is 0 Å². The number of aromatic nitrogens is 1. The van der Waals surface area contributed by atoms with Crippen LogP contribution in [0.3, 0.4) is 0 Å². The zero-order valence-corrected chi connectivity index (χ0v) is 11.9. The third-order valence-electron chi connectivity index (χ3n) is 3.52. The second kappa shape index (κ2) is 4.10. The number of fused-ring (bicyclic) bond motifs is 1. The van der Waals surface area contributed by atoms with E-state index in [1.807, 2.05) is 26.0 Å². The largest absolute Gasteiger partial charge is 0.395 e. The zero-order valence-electron chi connectivity index (χ0n) is 11.1. The normalized spacial score (nSPS) is 12.9. The van der Waals surface area contributed by atoms with Gasteiger partial charge in [-0.25, -0.2) is 4.98 Å². The molecule has 4 N–H and O–H groups in total. The zero-order chi connectivity index (χ0) is 13.6. The summed E-state index contributed by atoms with van der Waals surface area (Å²) >= 11 is 1.57. The summed E-state index contributed by atoms with van der Waals surface area (Å²) in [5.41, 5.74) is 8.79. The highest BCUT2D eigenvalue weighted by molar-refractivity contribution is 7.16. The van der Waals surface area contributed by atoms with Gasteiger partial charge in [0, 0.05) is 0 Å². The Morgan fingerprint density at radius 1 is 1.28 bits per heavy atom. The van der Waals surface area contributed by atoms with Gasteiger partial charge in [0.15, 0.2) is 0 Å². The Kier molecular flexibility index (Phi) is 2.99. The van der Waals surface area contributed by atoms with Crippen LogP contribution < -0.4 is 11.1 Å². The molecule has 0 unspecified atom stereocenters. The van der Waals surface area contributed by atoms with Crippen molar-refractivity contribution in [1.29, 1.82) is 0 Å². The summed E-state index contributed by atoms with van der Waals surface area (Å²) in [6, 6.07) is 3.93. The van der Waals surface area contributed by atoms with E-state index in [2.05, 4.69) is 10.3 Å². The third-order valence-corrected chi connectivity index (χ3v) is 4.31. The number of aliphatic hydroxyl groups is 1. The molecule has 5 heteroatoms. The summed E-state index contributed by atoms with van der Waals surface area (Å²) in [7, 11) is 0. The Labute approximate surface area is 111 Å². The maximum atomic E-state index is 10.2. The number of hydrogen-bond donors (Lipinski definition) is 3. The van der Waals surface area contributed by atoms with Crippen molar-refractivity contribution in [1.82, 2.24) is 4.98 Å². The van der Waals surface area contributed by atoms with Crippen LogP contribution in [-0.4, -0.2) is 21.2 Å². The van der Waals surface area contributed by atoms with Crippen molar-refractivity contribution in [2.24, 2.45) is 0 Å². The molecule has 18 heavy (non-hydrogen) atoms. The van der Waals surface area contributed by atoms with E-state index in [1.54, 1.807) is 30.7 Å². The van der Waals surface area contributed by atoms with Crippen LogP contribution in [0.25, 0.3) is 10.2 Å². The van der Waals surface area contributed by atoms with Crippen molar-refractivity contribution in [3.05, 3.63) is 17.6 Å². The SMILES string of the molecule is CC(C)(O)C(C)(C)Nc1ccc2scnc2c1N. The standard InChI is InChI=1S/C13H19N3OS/c1-12(2,13(3,4)17)16-8-5-6-9-11(10(8)14)15-7-18-9/h5-7,16-17H,14H2,1-4H3.